The number of benzene rings is 1. The van der Waals surface area contributed by atoms with E-state index in [0.29, 0.717) is 12.5 Å². The molecule has 1 saturated heterocycles. The zero-order chi connectivity index (χ0) is 16.4. The normalized spacial score (nSPS) is 30.1. The Morgan fingerprint density at radius 1 is 1.48 bits per heavy atom. The van der Waals surface area contributed by atoms with Crippen LogP contribution in [0.5, 0.6) is 0 Å². The molecule has 0 unspecified atom stereocenters. The maximum absolute atomic E-state index is 12.6. The summed E-state index contributed by atoms with van der Waals surface area (Å²) in [6.45, 7) is 3.49. The first-order valence-electron chi connectivity index (χ1n) is 8.48. The molecule has 1 heterocycles. The minimum absolute atomic E-state index is 0.0453. The number of aliphatic hydroxyl groups is 1. The molecule has 1 aromatic rings. The number of nitrogens with zero attached hydrogens (tertiary/aromatic N) is 1. The lowest BCUT2D eigenvalue weighted by molar-refractivity contribution is -0.0607. The third-order valence-corrected chi connectivity index (χ3v) is 6.26. The van der Waals surface area contributed by atoms with Gasteiger partial charge in [-0.3, -0.25) is 0 Å². The fourth-order valence-electron chi connectivity index (χ4n) is 4.14. The van der Waals surface area contributed by atoms with E-state index in [-0.39, 0.29) is 11.9 Å². The highest BCUT2D eigenvalue weighted by Crippen LogP contribution is 2.44. The molecule has 2 fully saturated rings. The Labute approximate surface area is 142 Å². The lowest BCUT2D eigenvalue weighted by Crippen LogP contribution is -2.44. The van der Waals surface area contributed by atoms with Crippen LogP contribution in [-0.4, -0.2) is 41.0 Å². The van der Waals surface area contributed by atoms with Gasteiger partial charge in [0.15, 0.2) is 0 Å². The standard InChI is InChI=1S/C18H26N2O2S/c1-3-18(22)9-5-6-13-11-20(12-16(13)18)17(21)19-14-7-4-8-15(10-14)23-2/h4,7-8,10,13,16,22H,3,5-6,9,11-12H2,1-2H3,(H,19,21)/t13-,16+,18-/m1/s1. The third-order valence-electron chi connectivity index (χ3n) is 5.54. The molecule has 3 rings (SSSR count). The predicted molar refractivity (Wildman–Crippen MR) is 94.9 cm³/mol. The summed E-state index contributed by atoms with van der Waals surface area (Å²) >= 11 is 1.66. The summed E-state index contributed by atoms with van der Waals surface area (Å²) in [6.07, 6.45) is 5.86. The monoisotopic (exact) mass is 334 g/mol. The summed E-state index contributed by atoms with van der Waals surface area (Å²) in [6, 6.07) is 7.86. The van der Waals surface area contributed by atoms with Gasteiger partial charge in [-0.05, 0) is 49.6 Å². The number of carbonyl (C=O) groups excluding carboxylic acids is 1. The Morgan fingerprint density at radius 3 is 3.04 bits per heavy atom. The molecule has 2 amide bonds. The first-order chi connectivity index (χ1) is 11.1. The number of likely N-dealkylation sites (tertiary alicyclic amines) is 1. The number of anilines is 1. The van der Waals surface area contributed by atoms with Crippen molar-refractivity contribution < 1.29 is 9.90 Å². The largest absolute Gasteiger partial charge is 0.390 e. The first kappa shape index (κ1) is 16.7. The SMILES string of the molecule is CC[C@@]1(O)CCC[C@@H]2CN(C(=O)Nc3cccc(SC)c3)C[C@@H]21. The zero-order valence-electron chi connectivity index (χ0n) is 13.9. The Balaban J connectivity index is 1.67. The van der Waals surface area contributed by atoms with Gasteiger partial charge in [-0.25, -0.2) is 4.79 Å². The predicted octanol–water partition coefficient (Wildman–Crippen LogP) is 3.81. The number of thioether (sulfide) groups is 1. The van der Waals surface area contributed by atoms with E-state index < -0.39 is 5.60 Å². The van der Waals surface area contributed by atoms with Crippen molar-refractivity contribution in [3.63, 3.8) is 0 Å². The van der Waals surface area contributed by atoms with Crippen molar-refractivity contribution in [3.8, 4) is 0 Å². The van der Waals surface area contributed by atoms with Crippen LogP contribution in [0.25, 0.3) is 0 Å². The van der Waals surface area contributed by atoms with Crippen molar-refractivity contribution in [1.29, 1.82) is 0 Å². The molecule has 0 aromatic heterocycles. The van der Waals surface area contributed by atoms with Crippen LogP contribution in [0.15, 0.2) is 29.2 Å². The smallest absolute Gasteiger partial charge is 0.321 e. The van der Waals surface area contributed by atoms with Crippen molar-refractivity contribution in [2.24, 2.45) is 11.8 Å². The molecule has 0 spiro atoms. The number of rotatable bonds is 3. The highest BCUT2D eigenvalue weighted by molar-refractivity contribution is 7.98. The number of hydrogen-bond donors (Lipinski definition) is 2. The van der Waals surface area contributed by atoms with Gasteiger partial charge in [0.25, 0.3) is 0 Å². The summed E-state index contributed by atoms with van der Waals surface area (Å²) in [5.74, 6) is 0.668. The lowest BCUT2D eigenvalue weighted by Gasteiger charge is -2.40. The van der Waals surface area contributed by atoms with E-state index in [2.05, 4.69) is 12.2 Å². The number of carbonyl (C=O) groups is 1. The van der Waals surface area contributed by atoms with Crippen molar-refractivity contribution >= 4 is 23.5 Å². The minimum Gasteiger partial charge on any atom is -0.390 e. The molecular weight excluding hydrogens is 308 g/mol. The molecule has 1 aliphatic heterocycles. The van der Waals surface area contributed by atoms with Crippen LogP contribution in [0, 0.1) is 11.8 Å². The number of nitrogens with one attached hydrogen (secondary N) is 1. The van der Waals surface area contributed by atoms with Crippen LogP contribution in [-0.2, 0) is 0 Å². The van der Waals surface area contributed by atoms with Crippen LogP contribution in [0.2, 0.25) is 0 Å². The molecule has 2 N–H and O–H groups in total. The fourth-order valence-corrected chi connectivity index (χ4v) is 4.60. The summed E-state index contributed by atoms with van der Waals surface area (Å²) < 4.78 is 0. The molecule has 4 nitrogen and oxygen atoms in total. The molecule has 23 heavy (non-hydrogen) atoms. The van der Waals surface area contributed by atoms with Gasteiger partial charge in [-0.2, -0.15) is 0 Å². The lowest BCUT2D eigenvalue weighted by atomic mass is 9.69. The maximum Gasteiger partial charge on any atom is 0.321 e. The van der Waals surface area contributed by atoms with Gasteiger partial charge < -0.3 is 15.3 Å². The maximum atomic E-state index is 12.6. The highest BCUT2D eigenvalue weighted by atomic mass is 32.2. The van der Waals surface area contributed by atoms with E-state index >= 15 is 0 Å². The van der Waals surface area contributed by atoms with Crippen LogP contribution in [0.4, 0.5) is 10.5 Å². The van der Waals surface area contributed by atoms with E-state index in [9.17, 15) is 9.90 Å². The Hall–Kier alpha value is -1.20. The van der Waals surface area contributed by atoms with Crippen LogP contribution in [0.3, 0.4) is 0 Å². The summed E-state index contributed by atoms with van der Waals surface area (Å²) in [5, 5.41) is 13.9. The molecule has 2 aliphatic rings. The average molecular weight is 334 g/mol. The van der Waals surface area contributed by atoms with Crippen LogP contribution >= 0.6 is 11.8 Å². The van der Waals surface area contributed by atoms with Gasteiger partial charge in [0.1, 0.15) is 0 Å². The Bertz CT molecular complexity index is 580. The minimum atomic E-state index is -0.587. The topological polar surface area (TPSA) is 52.6 Å². The molecule has 3 atom stereocenters. The number of hydrogen-bond acceptors (Lipinski definition) is 3. The molecule has 1 saturated carbocycles. The summed E-state index contributed by atoms with van der Waals surface area (Å²) in [5.41, 5.74) is 0.249. The van der Waals surface area contributed by atoms with Crippen molar-refractivity contribution in [3.05, 3.63) is 24.3 Å². The Kier molecular flexibility index (Phi) is 4.87. The second kappa shape index (κ2) is 6.73. The Morgan fingerprint density at radius 2 is 2.30 bits per heavy atom. The number of amides is 2. The number of urea groups is 1. The molecule has 5 heteroatoms. The van der Waals surface area contributed by atoms with E-state index in [1.54, 1.807) is 11.8 Å². The number of fused-ring (bicyclic) bond motifs is 1. The van der Waals surface area contributed by atoms with Gasteiger partial charge in [-0.15, -0.1) is 11.8 Å². The molecule has 0 bridgehead atoms. The van der Waals surface area contributed by atoms with Gasteiger partial charge >= 0.3 is 6.03 Å². The third kappa shape index (κ3) is 3.36. The summed E-state index contributed by atoms with van der Waals surface area (Å²) in [4.78, 5) is 15.6. The van der Waals surface area contributed by atoms with Crippen molar-refractivity contribution in [2.45, 2.75) is 43.1 Å². The molecular formula is C18H26N2O2S. The fraction of sp³-hybridized carbons (Fsp3) is 0.611. The van der Waals surface area contributed by atoms with Crippen molar-refractivity contribution in [1.82, 2.24) is 4.90 Å². The second-order valence-corrected chi connectivity index (χ2v) is 7.66. The molecule has 126 valence electrons. The van der Waals surface area contributed by atoms with E-state index in [0.717, 1.165) is 42.8 Å². The van der Waals surface area contributed by atoms with Crippen molar-refractivity contribution in [2.75, 3.05) is 24.7 Å². The van der Waals surface area contributed by atoms with Crippen LogP contribution < -0.4 is 5.32 Å². The van der Waals surface area contributed by atoms with E-state index in [4.69, 9.17) is 0 Å². The van der Waals surface area contributed by atoms with E-state index in [1.165, 1.54) is 0 Å². The average Bonchev–Trinajstić information content (AvgIpc) is 3.01. The van der Waals surface area contributed by atoms with Gasteiger partial charge in [0.2, 0.25) is 0 Å². The van der Waals surface area contributed by atoms with Gasteiger partial charge in [-0.1, -0.05) is 19.4 Å². The first-order valence-corrected chi connectivity index (χ1v) is 9.70. The van der Waals surface area contributed by atoms with Crippen LogP contribution in [0.1, 0.15) is 32.6 Å². The van der Waals surface area contributed by atoms with E-state index in [1.807, 2.05) is 35.4 Å². The van der Waals surface area contributed by atoms with Gasteiger partial charge in [0.05, 0.1) is 5.60 Å². The molecule has 0 radical (unpaired) electrons. The second-order valence-electron chi connectivity index (χ2n) is 6.78. The quantitative estimate of drug-likeness (QED) is 0.826. The molecule has 1 aromatic carbocycles. The van der Waals surface area contributed by atoms with Gasteiger partial charge in [0, 0.05) is 29.6 Å². The molecule has 1 aliphatic carbocycles. The zero-order valence-corrected chi connectivity index (χ0v) is 14.7. The summed E-state index contributed by atoms with van der Waals surface area (Å²) in [7, 11) is 0. The highest BCUT2D eigenvalue weighted by Gasteiger charge is 2.48.